The molecule has 32 heavy (non-hydrogen) atoms. The SMILES string of the molecule is COCCNC(=O)c1ccc(CSc2nnc(Cc3ccccc3)n2[C@@H](C)COC)cc1. The van der Waals surface area contributed by atoms with Gasteiger partial charge in [0.1, 0.15) is 5.82 Å². The van der Waals surface area contributed by atoms with E-state index in [0.29, 0.717) is 25.3 Å². The number of nitrogens with one attached hydrogen (secondary N) is 1. The Morgan fingerprint density at radius 1 is 1.03 bits per heavy atom. The monoisotopic (exact) mass is 454 g/mol. The van der Waals surface area contributed by atoms with Gasteiger partial charge in [-0.2, -0.15) is 0 Å². The molecule has 0 saturated heterocycles. The lowest BCUT2D eigenvalue weighted by Crippen LogP contribution is -2.26. The summed E-state index contributed by atoms with van der Waals surface area (Å²) in [4.78, 5) is 12.1. The number of thioether (sulfide) groups is 1. The van der Waals surface area contributed by atoms with Gasteiger partial charge < -0.3 is 19.4 Å². The highest BCUT2D eigenvalue weighted by atomic mass is 32.2. The summed E-state index contributed by atoms with van der Waals surface area (Å²) in [5.74, 6) is 1.56. The van der Waals surface area contributed by atoms with E-state index in [0.717, 1.165) is 28.7 Å². The highest BCUT2D eigenvalue weighted by Gasteiger charge is 2.18. The molecule has 0 aliphatic rings. The molecule has 0 radical (unpaired) electrons. The lowest BCUT2D eigenvalue weighted by Gasteiger charge is -2.17. The van der Waals surface area contributed by atoms with Gasteiger partial charge in [0.15, 0.2) is 5.16 Å². The maximum absolute atomic E-state index is 12.1. The van der Waals surface area contributed by atoms with Gasteiger partial charge in [-0.1, -0.05) is 54.2 Å². The number of ether oxygens (including phenoxy) is 2. The van der Waals surface area contributed by atoms with Crippen molar-refractivity contribution in [1.82, 2.24) is 20.1 Å². The second kappa shape index (κ2) is 12.4. The molecule has 1 aromatic heterocycles. The molecule has 0 aliphatic carbocycles. The van der Waals surface area contributed by atoms with Crippen molar-refractivity contribution in [3.05, 3.63) is 77.1 Å². The van der Waals surface area contributed by atoms with Crippen LogP contribution >= 0.6 is 11.8 Å². The Bertz CT molecular complexity index is 977. The van der Waals surface area contributed by atoms with Crippen molar-refractivity contribution in [2.75, 3.05) is 34.0 Å². The van der Waals surface area contributed by atoms with Crippen molar-refractivity contribution in [2.45, 2.75) is 30.3 Å². The van der Waals surface area contributed by atoms with Crippen LogP contribution in [-0.4, -0.2) is 54.6 Å². The number of benzene rings is 2. The van der Waals surface area contributed by atoms with Crippen LogP contribution in [0.25, 0.3) is 0 Å². The molecular weight excluding hydrogens is 424 g/mol. The number of rotatable bonds is 12. The second-order valence-corrected chi connectivity index (χ2v) is 8.41. The Morgan fingerprint density at radius 2 is 1.78 bits per heavy atom. The van der Waals surface area contributed by atoms with Crippen molar-refractivity contribution in [1.29, 1.82) is 0 Å². The zero-order chi connectivity index (χ0) is 22.8. The molecule has 8 heteroatoms. The molecule has 0 spiro atoms. The third kappa shape index (κ3) is 6.66. The Balaban J connectivity index is 1.68. The number of amides is 1. The van der Waals surface area contributed by atoms with E-state index in [9.17, 15) is 4.79 Å². The summed E-state index contributed by atoms with van der Waals surface area (Å²) in [7, 11) is 3.32. The van der Waals surface area contributed by atoms with E-state index in [1.54, 1.807) is 26.0 Å². The van der Waals surface area contributed by atoms with Crippen LogP contribution in [0, 0.1) is 0 Å². The van der Waals surface area contributed by atoms with Gasteiger partial charge in [-0.25, -0.2) is 0 Å². The largest absolute Gasteiger partial charge is 0.383 e. The van der Waals surface area contributed by atoms with Crippen molar-refractivity contribution in [3.63, 3.8) is 0 Å². The van der Waals surface area contributed by atoms with E-state index in [1.165, 1.54) is 5.56 Å². The highest BCUT2D eigenvalue weighted by molar-refractivity contribution is 7.98. The zero-order valence-corrected chi connectivity index (χ0v) is 19.6. The molecule has 0 aliphatic heterocycles. The lowest BCUT2D eigenvalue weighted by atomic mass is 10.1. The van der Waals surface area contributed by atoms with Crippen LogP contribution < -0.4 is 5.32 Å². The van der Waals surface area contributed by atoms with Gasteiger partial charge >= 0.3 is 0 Å². The normalized spacial score (nSPS) is 12.0. The number of nitrogens with zero attached hydrogens (tertiary/aromatic N) is 3. The Hall–Kier alpha value is -2.68. The van der Waals surface area contributed by atoms with Gasteiger partial charge in [0.2, 0.25) is 0 Å². The van der Waals surface area contributed by atoms with Crippen LogP contribution in [0.3, 0.4) is 0 Å². The third-order valence-electron chi connectivity index (χ3n) is 4.96. The molecule has 0 bridgehead atoms. The van der Waals surface area contributed by atoms with Crippen LogP contribution in [0.5, 0.6) is 0 Å². The van der Waals surface area contributed by atoms with E-state index in [-0.39, 0.29) is 11.9 Å². The summed E-state index contributed by atoms with van der Waals surface area (Å²) in [5.41, 5.74) is 2.94. The minimum atomic E-state index is -0.0973. The summed E-state index contributed by atoms with van der Waals surface area (Å²) in [6, 6.07) is 18.0. The van der Waals surface area contributed by atoms with Crippen molar-refractivity contribution in [2.24, 2.45) is 0 Å². The first-order valence-corrected chi connectivity index (χ1v) is 11.6. The fraction of sp³-hybridized carbons (Fsp3) is 0.375. The summed E-state index contributed by atoms with van der Waals surface area (Å²) in [5, 5.41) is 12.6. The Morgan fingerprint density at radius 3 is 2.47 bits per heavy atom. The van der Waals surface area contributed by atoms with E-state index < -0.39 is 0 Å². The summed E-state index contributed by atoms with van der Waals surface area (Å²) in [6.07, 6.45) is 0.718. The molecule has 1 atom stereocenters. The van der Waals surface area contributed by atoms with Gasteiger partial charge in [-0.3, -0.25) is 4.79 Å². The molecule has 7 nitrogen and oxygen atoms in total. The number of aromatic nitrogens is 3. The topological polar surface area (TPSA) is 78.3 Å². The van der Waals surface area contributed by atoms with E-state index in [4.69, 9.17) is 9.47 Å². The van der Waals surface area contributed by atoms with Crippen LogP contribution in [0.2, 0.25) is 0 Å². The van der Waals surface area contributed by atoms with Crippen molar-refractivity contribution in [3.8, 4) is 0 Å². The van der Waals surface area contributed by atoms with Gasteiger partial charge in [-0.15, -0.1) is 10.2 Å². The van der Waals surface area contributed by atoms with Gasteiger partial charge in [-0.05, 0) is 30.2 Å². The second-order valence-electron chi connectivity index (χ2n) is 7.47. The standard InChI is InChI=1S/C24H30N4O3S/c1-18(16-31-3)28-22(15-19-7-5-4-6-8-19)26-27-24(28)32-17-20-9-11-21(12-10-20)23(29)25-13-14-30-2/h4-12,18H,13-17H2,1-3H3,(H,25,29)/t18-/m0/s1. The first-order chi connectivity index (χ1) is 15.6. The van der Waals surface area contributed by atoms with Gasteiger partial charge in [0.05, 0.1) is 19.3 Å². The maximum atomic E-state index is 12.1. The first kappa shape index (κ1) is 24.0. The van der Waals surface area contributed by atoms with Gasteiger partial charge in [0, 0.05) is 38.5 Å². The highest BCUT2D eigenvalue weighted by Crippen LogP contribution is 2.26. The fourth-order valence-corrected chi connectivity index (χ4v) is 4.34. The predicted octanol–water partition coefficient (Wildman–Crippen LogP) is 3.74. The smallest absolute Gasteiger partial charge is 0.251 e. The molecule has 1 N–H and O–H groups in total. The average molecular weight is 455 g/mol. The maximum Gasteiger partial charge on any atom is 0.251 e. The van der Waals surface area contributed by atoms with E-state index >= 15 is 0 Å². The number of carbonyl (C=O) groups excluding carboxylic acids is 1. The van der Waals surface area contributed by atoms with Crippen LogP contribution in [0.1, 0.15) is 40.3 Å². The van der Waals surface area contributed by atoms with Crippen LogP contribution in [0.15, 0.2) is 59.8 Å². The zero-order valence-electron chi connectivity index (χ0n) is 18.8. The Labute approximate surface area is 193 Å². The number of methoxy groups -OCH3 is 2. The summed E-state index contributed by atoms with van der Waals surface area (Å²) < 4.78 is 12.5. The fourth-order valence-electron chi connectivity index (χ4n) is 3.33. The lowest BCUT2D eigenvalue weighted by molar-refractivity contribution is 0.0937. The molecule has 0 fully saturated rings. The van der Waals surface area contributed by atoms with Gasteiger partial charge in [0.25, 0.3) is 5.91 Å². The molecule has 3 rings (SSSR count). The quantitative estimate of drug-likeness (QED) is 0.332. The molecule has 1 amide bonds. The van der Waals surface area contributed by atoms with Crippen molar-refractivity contribution < 1.29 is 14.3 Å². The van der Waals surface area contributed by atoms with Crippen molar-refractivity contribution >= 4 is 17.7 Å². The molecule has 0 saturated carbocycles. The molecule has 3 aromatic rings. The molecule has 2 aromatic carbocycles. The average Bonchev–Trinajstić information content (AvgIpc) is 3.21. The van der Waals surface area contributed by atoms with Crippen LogP contribution in [-0.2, 0) is 21.6 Å². The molecule has 0 unspecified atom stereocenters. The molecule has 1 heterocycles. The van der Waals surface area contributed by atoms with E-state index in [1.807, 2.05) is 42.5 Å². The number of carbonyl (C=O) groups is 1. The number of hydrogen-bond donors (Lipinski definition) is 1. The minimum Gasteiger partial charge on any atom is -0.383 e. The van der Waals surface area contributed by atoms with E-state index in [2.05, 4.69) is 39.1 Å². The summed E-state index contributed by atoms with van der Waals surface area (Å²) in [6.45, 7) is 3.69. The van der Waals surface area contributed by atoms with Crippen LogP contribution in [0.4, 0.5) is 0 Å². The predicted molar refractivity (Wildman–Crippen MR) is 126 cm³/mol. The minimum absolute atomic E-state index is 0.0973. The molecule has 170 valence electrons. The molecular formula is C24H30N4O3S. The Kier molecular flexibility index (Phi) is 9.27. The number of hydrogen-bond acceptors (Lipinski definition) is 6. The third-order valence-corrected chi connectivity index (χ3v) is 5.98. The first-order valence-electron chi connectivity index (χ1n) is 10.6. The summed E-state index contributed by atoms with van der Waals surface area (Å²) >= 11 is 1.63.